The highest BCUT2D eigenvalue weighted by molar-refractivity contribution is 5.71. The van der Waals surface area contributed by atoms with Gasteiger partial charge in [-0.2, -0.15) is 0 Å². The van der Waals surface area contributed by atoms with Gasteiger partial charge in [-0.25, -0.2) is 0 Å². The third-order valence-electron chi connectivity index (χ3n) is 2.59. The lowest BCUT2D eigenvalue weighted by Crippen LogP contribution is -2.26. The molecule has 4 nitrogen and oxygen atoms in total. The van der Waals surface area contributed by atoms with Crippen molar-refractivity contribution in [3.8, 4) is 0 Å². The quantitative estimate of drug-likeness (QED) is 0.659. The van der Waals surface area contributed by atoms with E-state index in [1.807, 2.05) is 0 Å². The number of carbonyl (C=O) groups is 1. The van der Waals surface area contributed by atoms with Crippen LogP contribution >= 0.6 is 0 Å². The second kappa shape index (κ2) is 5.98. The molecule has 1 fully saturated rings. The van der Waals surface area contributed by atoms with E-state index in [0.717, 1.165) is 25.7 Å². The fourth-order valence-corrected chi connectivity index (χ4v) is 1.85. The van der Waals surface area contributed by atoms with Crippen molar-refractivity contribution in [1.29, 1.82) is 0 Å². The predicted molar refractivity (Wildman–Crippen MR) is 51.2 cm³/mol. The average Bonchev–Trinajstić information content (AvgIpc) is 2.60. The first-order chi connectivity index (χ1) is 6.75. The zero-order valence-corrected chi connectivity index (χ0v) is 8.57. The van der Waals surface area contributed by atoms with E-state index in [-0.39, 0.29) is 12.0 Å². The van der Waals surface area contributed by atoms with Crippen molar-refractivity contribution in [2.75, 3.05) is 20.3 Å². The Balaban J connectivity index is 2.19. The highest BCUT2D eigenvalue weighted by Gasteiger charge is 2.33. The Morgan fingerprint density at radius 1 is 1.43 bits per heavy atom. The maximum Gasteiger partial charge on any atom is 0.309 e. The van der Waals surface area contributed by atoms with Crippen molar-refractivity contribution in [1.82, 2.24) is 0 Å². The van der Waals surface area contributed by atoms with Crippen molar-refractivity contribution in [3.05, 3.63) is 0 Å². The molecule has 1 rings (SSSR count). The Kier molecular flexibility index (Phi) is 4.90. The minimum Gasteiger partial charge on any atom is -0.481 e. The Labute approximate surface area is 84.2 Å². The van der Waals surface area contributed by atoms with Gasteiger partial charge in [0, 0.05) is 20.3 Å². The van der Waals surface area contributed by atoms with Crippen LogP contribution in [0.3, 0.4) is 0 Å². The summed E-state index contributed by atoms with van der Waals surface area (Å²) in [6, 6.07) is 0. The topological polar surface area (TPSA) is 55.8 Å². The summed E-state index contributed by atoms with van der Waals surface area (Å²) < 4.78 is 10.4. The monoisotopic (exact) mass is 202 g/mol. The van der Waals surface area contributed by atoms with Gasteiger partial charge in [0.1, 0.15) is 0 Å². The molecule has 0 aliphatic heterocycles. The van der Waals surface area contributed by atoms with Crippen molar-refractivity contribution in [2.45, 2.75) is 31.8 Å². The molecular formula is C10H18O4. The van der Waals surface area contributed by atoms with Gasteiger partial charge in [0.2, 0.25) is 0 Å². The van der Waals surface area contributed by atoms with E-state index in [1.165, 1.54) is 0 Å². The van der Waals surface area contributed by atoms with Crippen LogP contribution in [0, 0.1) is 5.92 Å². The maximum absolute atomic E-state index is 10.8. The Bertz CT molecular complexity index is 181. The van der Waals surface area contributed by atoms with Crippen LogP contribution < -0.4 is 0 Å². The Hall–Kier alpha value is -0.610. The molecule has 82 valence electrons. The fraction of sp³-hybridized carbons (Fsp3) is 0.900. The van der Waals surface area contributed by atoms with Crippen LogP contribution in [0.1, 0.15) is 25.7 Å². The van der Waals surface area contributed by atoms with Crippen molar-refractivity contribution in [2.24, 2.45) is 5.92 Å². The number of carboxylic acid groups (broad SMARTS) is 1. The molecule has 4 heteroatoms. The van der Waals surface area contributed by atoms with Gasteiger partial charge >= 0.3 is 5.97 Å². The van der Waals surface area contributed by atoms with Crippen LogP contribution in [-0.4, -0.2) is 37.5 Å². The average molecular weight is 202 g/mol. The molecule has 0 aromatic heterocycles. The number of hydrogen-bond donors (Lipinski definition) is 1. The molecule has 0 aromatic carbocycles. The molecule has 2 unspecified atom stereocenters. The van der Waals surface area contributed by atoms with E-state index < -0.39 is 5.97 Å². The van der Waals surface area contributed by atoms with Crippen molar-refractivity contribution >= 4 is 5.97 Å². The molecule has 0 spiro atoms. The highest BCUT2D eigenvalue weighted by Crippen LogP contribution is 2.28. The lowest BCUT2D eigenvalue weighted by atomic mass is 10.1. The maximum atomic E-state index is 10.8. The molecule has 0 bridgehead atoms. The number of hydrogen-bond acceptors (Lipinski definition) is 3. The third kappa shape index (κ3) is 3.27. The zero-order chi connectivity index (χ0) is 10.4. The molecule has 0 saturated heterocycles. The van der Waals surface area contributed by atoms with Gasteiger partial charge < -0.3 is 14.6 Å². The van der Waals surface area contributed by atoms with Crippen LogP contribution in [0.4, 0.5) is 0 Å². The summed E-state index contributed by atoms with van der Waals surface area (Å²) >= 11 is 0. The number of ether oxygens (including phenoxy) is 2. The van der Waals surface area contributed by atoms with Crippen molar-refractivity contribution in [3.63, 3.8) is 0 Å². The van der Waals surface area contributed by atoms with E-state index >= 15 is 0 Å². The first-order valence-electron chi connectivity index (χ1n) is 5.09. The van der Waals surface area contributed by atoms with Gasteiger partial charge in [-0.1, -0.05) is 0 Å². The summed E-state index contributed by atoms with van der Waals surface area (Å²) in [4.78, 5) is 10.8. The molecular weight excluding hydrogens is 184 g/mol. The summed E-state index contributed by atoms with van der Waals surface area (Å²) in [5, 5.41) is 8.88. The first-order valence-corrected chi connectivity index (χ1v) is 5.09. The second-order valence-corrected chi connectivity index (χ2v) is 3.63. The molecule has 0 aromatic rings. The lowest BCUT2D eigenvalue weighted by Gasteiger charge is -2.16. The van der Waals surface area contributed by atoms with E-state index in [0.29, 0.717) is 13.2 Å². The minimum absolute atomic E-state index is 0.0793. The highest BCUT2D eigenvalue weighted by atomic mass is 16.5. The molecule has 1 aliphatic rings. The Morgan fingerprint density at radius 2 is 2.21 bits per heavy atom. The van der Waals surface area contributed by atoms with Crippen LogP contribution in [0.5, 0.6) is 0 Å². The van der Waals surface area contributed by atoms with Gasteiger partial charge in [0.05, 0.1) is 12.0 Å². The largest absolute Gasteiger partial charge is 0.481 e. The van der Waals surface area contributed by atoms with E-state index in [2.05, 4.69) is 0 Å². The molecule has 1 aliphatic carbocycles. The summed E-state index contributed by atoms with van der Waals surface area (Å²) in [5.74, 6) is -1.02. The number of rotatable bonds is 6. The van der Waals surface area contributed by atoms with E-state index in [1.54, 1.807) is 7.11 Å². The van der Waals surface area contributed by atoms with Gasteiger partial charge in [0.15, 0.2) is 0 Å². The van der Waals surface area contributed by atoms with Gasteiger partial charge in [0.25, 0.3) is 0 Å². The van der Waals surface area contributed by atoms with Crippen molar-refractivity contribution < 1.29 is 19.4 Å². The van der Waals surface area contributed by atoms with Gasteiger partial charge in [-0.15, -0.1) is 0 Å². The molecule has 2 atom stereocenters. The Morgan fingerprint density at radius 3 is 2.86 bits per heavy atom. The molecule has 1 saturated carbocycles. The van der Waals surface area contributed by atoms with Crippen LogP contribution in [0.15, 0.2) is 0 Å². The molecule has 0 radical (unpaired) electrons. The first kappa shape index (κ1) is 11.5. The minimum atomic E-state index is -0.723. The summed E-state index contributed by atoms with van der Waals surface area (Å²) in [6.07, 6.45) is 3.35. The van der Waals surface area contributed by atoms with Gasteiger partial charge in [-0.05, 0) is 25.7 Å². The van der Waals surface area contributed by atoms with Crippen LogP contribution in [0.25, 0.3) is 0 Å². The normalized spacial score (nSPS) is 26.6. The third-order valence-corrected chi connectivity index (χ3v) is 2.59. The molecule has 1 N–H and O–H groups in total. The molecule has 0 amide bonds. The van der Waals surface area contributed by atoms with Crippen LogP contribution in [0.2, 0.25) is 0 Å². The zero-order valence-electron chi connectivity index (χ0n) is 8.57. The fourth-order valence-electron chi connectivity index (χ4n) is 1.85. The number of aliphatic carboxylic acids is 1. The van der Waals surface area contributed by atoms with E-state index in [4.69, 9.17) is 14.6 Å². The SMILES string of the molecule is COCCCOC1CCCC1C(=O)O. The number of methoxy groups -OCH3 is 1. The standard InChI is InChI=1S/C10H18O4/c1-13-6-3-7-14-9-5-2-4-8(9)10(11)12/h8-9H,2-7H2,1H3,(H,11,12). The second-order valence-electron chi connectivity index (χ2n) is 3.63. The van der Waals surface area contributed by atoms with E-state index in [9.17, 15) is 4.79 Å². The smallest absolute Gasteiger partial charge is 0.309 e. The lowest BCUT2D eigenvalue weighted by molar-refractivity contribution is -0.146. The summed E-state index contributed by atoms with van der Waals surface area (Å²) in [6.45, 7) is 1.27. The van der Waals surface area contributed by atoms with Crippen LogP contribution in [-0.2, 0) is 14.3 Å². The number of carboxylic acids is 1. The van der Waals surface area contributed by atoms with Gasteiger partial charge in [-0.3, -0.25) is 4.79 Å². The molecule has 14 heavy (non-hydrogen) atoms. The molecule has 0 heterocycles. The predicted octanol–water partition coefficient (Wildman–Crippen LogP) is 1.29. The summed E-state index contributed by atoms with van der Waals surface area (Å²) in [7, 11) is 1.65. The summed E-state index contributed by atoms with van der Waals surface area (Å²) in [5.41, 5.74) is 0.